The number of thioether (sulfide) groups is 2. The zero-order chi connectivity index (χ0) is 25.8. The molecule has 184 valence electrons. The van der Waals surface area contributed by atoms with Gasteiger partial charge in [0, 0.05) is 23.9 Å². The van der Waals surface area contributed by atoms with Crippen LogP contribution in [0.1, 0.15) is 20.7 Å². The molecule has 6 nitrogen and oxygen atoms in total. The van der Waals surface area contributed by atoms with Gasteiger partial charge in [-0.2, -0.15) is 5.26 Å². The van der Waals surface area contributed by atoms with E-state index in [0.29, 0.717) is 11.1 Å². The third-order valence-electron chi connectivity index (χ3n) is 4.52. The van der Waals surface area contributed by atoms with Crippen molar-refractivity contribution in [2.45, 2.75) is 14.1 Å². The summed E-state index contributed by atoms with van der Waals surface area (Å²) < 4.78 is 2.24. The van der Waals surface area contributed by atoms with E-state index < -0.39 is 0 Å². The van der Waals surface area contributed by atoms with Gasteiger partial charge in [0.1, 0.15) is 5.40 Å². The molecule has 0 spiro atoms. The zero-order valence-electron chi connectivity index (χ0n) is 19.4. The van der Waals surface area contributed by atoms with Gasteiger partial charge in [0.25, 0.3) is 11.8 Å². The number of hydrogen-bond acceptors (Lipinski definition) is 9. The third kappa shape index (κ3) is 7.94. The normalized spacial score (nSPS) is 10.1. The molecule has 11 heteroatoms. The molecule has 0 saturated heterocycles. The lowest BCUT2D eigenvalue weighted by Gasteiger charge is -2.09. The van der Waals surface area contributed by atoms with E-state index >= 15 is 0 Å². The summed E-state index contributed by atoms with van der Waals surface area (Å²) in [6.45, 7) is 0. The van der Waals surface area contributed by atoms with E-state index in [1.54, 1.807) is 49.3 Å². The fourth-order valence-electron chi connectivity index (χ4n) is 2.83. The van der Waals surface area contributed by atoms with E-state index in [2.05, 4.69) is 21.7 Å². The Morgan fingerprint density at radius 3 is 1.92 bits per heavy atom. The summed E-state index contributed by atoms with van der Waals surface area (Å²) in [5.41, 5.74) is 2.29. The van der Waals surface area contributed by atoms with Crippen LogP contribution >= 0.6 is 56.4 Å². The predicted octanol–water partition coefficient (Wildman–Crippen LogP) is 6.77. The Balaban J connectivity index is 0.000000221. The highest BCUT2D eigenvalue weighted by Gasteiger charge is 2.13. The highest BCUT2D eigenvalue weighted by molar-refractivity contribution is 8.76. The molecule has 2 amide bonds. The maximum absolute atomic E-state index is 11.9. The van der Waals surface area contributed by atoms with Crippen molar-refractivity contribution in [1.82, 2.24) is 15.6 Å². The molecule has 1 aromatic heterocycles. The Morgan fingerprint density at radius 1 is 0.861 bits per heavy atom. The summed E-state index contributed by atoms with van der Waals surface area (Å²) >= 11 is 4.54. The van der Waals surface area contributed by atoms with Crippen molar-refractivity contribution in [3.63, 3.8) is 0 Å². The van der Waals surface area contributed by atoms with Gasteiger partial charge in [-0.25, -0.2) is 4.98 Å². The lowest BCUT2D eigenvalue weighted by Crippen LogP contribution is -2.18. The lowest BCUT2D eigenvalue weighted by atomic mass is 10.2. The number of amides is 2. The molecular weight excluding hydrogens is 549 g/mol. The second-order valence-corrected chi connectivity index (χ2v) is 12.4. The molecule has 2 N–H and O–H groups in total. The molecule has 1 heterocycles. The number of carbonyl (C=O) groups is 2. The number of thiocyanates is 1. The molecule has 0 aliphatic rings. The average Bonchev–Trinajstić information content (AvgIpc) is 3.35. The van der Waals surface area contributed by atoms with Crippen molar-refractivity contribution >= 4 is 78.5 Å². The van der Waals surface area contributed by atoms with E-state index in [1.165, 1.54) is 38.0 Å². The number of fused-ring (bicyclic) bond motifs is 1. The summed E-state index contributed by atoms with van der Waals surface area (Å²) in [5.74, 6) is -0.244. The van der Waals surface area contributed by atoms with Gasteiger partial charge in [-0.05, 0) is 48.2 Å². The first-order valence-electron chi connectivity index (χ1n) is 10.5. The van der Waals surface area contributed by atoms with Gasteiger partial charge in [-0.3, -0.25) is 9.59 Å². The molecule has 0 unspecified atom stereocenters. The smallest absolute Gasteiger partial charge is 0.252 e. The minimum atomic E-state index is -0.122. The molecule has 0 atom stereocenters. The molecule has 0 saturated carbocycles. The molecule has 0 fully saturated rings. The summed E-state index contributed by atoms with van der Waals surface area (Å²) in [5, 5.41) is 16.4. The Bertz CT molecular complexity index is 1280. The monoisotopic (exact) mass is 570 g/mol. The van der Waals surface area contributed by atoms with Crippen LogP contribution in [0.2, 0.25) is 0 Å². The first kappa shape index (κ1) is 28.0. The van der Waals surface area contributed by atoms with Crippen LogP contribution in [0.5, 0.6) is 0 Å². The van der Waals surface area contributed by atoms with E-state index in [-0.39, 0.29) is 11.8 Å². The van der Waals surface area contributed by atoms with Crippen LogP contribution in [0.3, 0.4) is 0 Å². The lowest BCUT2D eigenvalue weighted by molar-refractivity contribution is 0.0952. The van der Waals surface area contributed by atoms with Crippen LogP contribution in [-0.4, -0.2) is 36.0 Å². The van der Waals surface area contributed by atoms with Gasteiger partial charge in [0.05, 0.1) is 26.4 Å². The zero-order valence-corrected chi connectivity index (χ0v) is 23.5. The molecule has 0 aliphatic heterocycles. The Morgan fingerprint density at radius 2 is 1.39 bits per heavy atom. The van der Waals surface area contributed by atoms with Gasteiger partial charge in [-0.1, -0.05) is 69.7 Å². The Hall–Kier alpha value is -2.62. The Kier molecular flexibility index (Phi) is 11.5. The average molecular weight is 571 g/mol. The minimum absolute atomic E-state index is 0.122. The highest BCUT2D eigenvalue weighted by atomic mass is 33.1. The van der Waals surface area contributed by atoms with Crippen LogP contribution < -0.4 is 10.6 Å². The highest BCUT2D eigenvalue weighted by Crippen LogP contribution is 2.40. The molecule has 4 rings (SSSR count). The SMILES string of the molecule is CNC(=O)c1ccccc1SSc1ccccc1C(=O)NC.N#CSCSc1nc2ccccc2s1. The van der Waals surface area contributed by atoms with Crippen molar-refractivity contribution in [3.8, 4) is 5.40 Å². The summed E-state index contributed by atoms with van der Waals surface area (Å²) in [6.07, 6.45) is 0. The van der Waals surface area contributed by atoms with Crippen LogP contribution in [0.25, 0.3) is 10.2 Å². The van der Waals surface area contributed by atoms with Gasteiger partial charge in [-0.15, -0.1) is 11.3 Å². The van der Waals surface area contributed by atoms with Crippen molar-refractivity contribution < 1.29 is 9.59 Å². The number of aromatic nitrogens is 1. The second kappa shape index (κ2) is 14.8. The van der Waals surface area contributed by atoms with Crippen molar-refractivity contribution in [2.75, 3.05) is 19.2 Å². The first-order chi connectivity index (χ1) is 17.6. The third-order valence-corrected chi connectivity index (χ3v) is 9.85. The van der Waals surface area contributed by atoms with Crippen molar-refractivity contribution in [1.29, 1.82) is 5.26 Å². The fraction of sp³-hybridized carbons (Fsp3) is 0.120. The number of hydrogen-bond donors (Lipinski definition) is 2. The number of thiazole rings is 1. The number of benzene rings is 3. The molecule has 0 radical (unpaired) electrons. The predicted molar refractivity (Wildman–Crippen MR) is 155 cm³/mol. The second-order valence-electron chi connectivity index (χ2n) is 6.76. The first-order valence-corrected chi connectivity index (χ1v) is 15.5. The molecule has 3 aromatic carbocycles. The molecular formula is C25H22N4O2S5. The summed E-state index contributed by atoms with van der Waals surface area (Å²) in [7, 11) is 6.14. The fourth-order valence-corrected chi connectivity index (χ4v) is 7.84. The molecule has 4 aromatic rings. The van der Waals surface area contributed by atoms with E-state index in [0.717, 1.165) is 24.7 Å². The standard InChI is InChI=1S/C16H16N2O2S2.C9H6N2S3/c1-17-15(19)11-7-3-5-9-13(11)21-22-14-10-6-4-8-12(14)16(20)18-2;10-5-12-6-13-9-11-7-3-1-2-4-8(7)14-9/h3-10H,1-2H3,(H,17,19)(H,18,20);1-4H,6H2. The van der Waals surface area contributed by atoms with Gasteiger partial charge in [0.15, 0.2) is 4.34 Å². The topological polar surface area (TPSA) is 94.9 Å². The minimum Gasteiger partial charge on any atom is -0.355 e. The largest absolute Gasteiger partial charge is 0.355 e. The number of nitrogens with zero attached hydrogens (tertiary/aromatic N) is 2. The van der Waals surface area contributed by atoms with E-state index in [1.807, 2.05) is 60.0 Å². The van der Waals surface area contributed by atoms with E-state index in [4.69, 9.17) is 5.26 Å². The quantitative estimate of drug-likeness (QED) is 0.0788. The maximum Gasteiger partial charge on any atom is 0.252 e. The summed E-state index contributed by atoms with van der Waals surface area (Å²) in [4.78, 5) is 29.9. The Labute approximate surface area is 230 Å². The number of nitriles is 1. The molecule has 0 bridgehead atoms. The van der Waals surface area contributed by atoms with Gasteiger partial charge >= 0.3 is 0 Å². The number of carbonyl (C=O) groups excluding carboxylic acids is 2. The maximum atomic E-state index is 11.9. The summed E-state index contributed by atoms with van der Waals surface area (Å²) in [6, 6.07) is 22.9. The number of rotatable bonds is 8. The van der Waals surface area contributed by atoms with Crippen LogP contribution in [0, 0.1) is 10.7 Å². The number of nitrogens with one attached hydrogen (secondary N) is 2. The van der Waals surface area contributed by atoms with Crippen molar-refractivity contribution in [3.05, 3.63) is 83.9 Å². The van der Waals surface area contributed by atoms with E-state index in [9.17, 15) is 9.59 Å². The molecule has 36 heavy (non-hydrogen) atoms. The van der Waals surface area contributed by atoms with Gasteiger partial charge < -0.3 is 10.6 Å². The van der Waals surface area contributed by atoms with Crippen LogP contribution in [-0.2, 0) is 0 Å². The van der Waals surface area contributed by atoms with Crippen LogP contribution in [0.4, 0.5) is 0 Å². The number of para-hydroxylation sites is 1. The van der Waals surface area contributed by atoms with Crippen molar-refractivity contribution in [2.24, 2.45) is 0 Å². The molecule has 0 aliphatic carbocycles. The van der Waals surface area contributed by atoms with Gasteiger partial charge in [0.2, 0.25) is 0 Å². The van der Waals surface area contributed by atoms with Crippen LogP contribution in [0.15, 0.2) is 86.9 Å².